The minimum absolute atomic E-state index is 0. The number of rotatable bonds is 9. The summed E-state index contributed by atoms with van der Waals surface area (Å²) in [6.45, 7) is 6.41. The number of nitrogens with one attached hydrogen (secondary N) is 1. The van der Waals surface area contributed by atoms with Gasteiger partial charge in [-0.2, -0.15) is 0 Å². The molecule has 0 aliphatic rings. The fourth-order valence-electron chi connectivity index (χ4n) is 2.45. The monoisotopic (exact) mass is 484 g/mol. The second kappa shape index (κ2) is 12.3. The van der Waals surface area contributed by atoms with Crippen LogP contribution >= 0.6 is 24.0 Å². The van der Waals surface area contributed by atoms with Gasteiger partial charge in [-0.05, 0) is 38.1 Å². The Morgan fingerprint density at radius 2 is 1.78 bits per heavy atom. The molecule has 0 fully saturated rings. The highest BCUT2D eigenvalue weighted by Gasteiger charge is 2.07. The summed E-state index contributed by atoms with van der Waals surface area (Å²) in [7, 11) is 2.03. The third kappa shape index (κ3) is 7.54. The molecule has 0 saturated carbocycles. The number of aliphatic imine (C=N–C) groups is 1. The first-order valence-electron chi connectivity index (χ1n) is 8.86. The van der Waals surface area contributed by atoms with E-state index >= 15 is 0 Å². The molecule has 0 saturated heterocycles. The Bertz CT molecular complexity index is 710. The van der Waals surface area contributed by atoms with Gasteiger partial charge in [-0.3, -0.25) is 4.99 Å². The van der Waals surface area contributed by atoms with Crippen LogP contribution in [0.2, 0.25) is 0 Å². The molecule has 0 heterocycles. The van der Waals surface area contributed by atoms with Gasteiger partial charge in [-0.25, -0.2) is 0 Å². The van der Waals surface area contributed by atoms with Crippen LogP contribution in [0.3, 0.4) is 0 Å². The van der Waals surface area contributed by atoms with Crippen molar-refractivity contribution in [2.75, 3.05) is 43.6 Å². The maximum Gasteiger partial charge on any atom is 0.193 e. The zero-order valence-corrected chi connectivity index (χ0v) is 18.5. The zero-order chi connectivity index (χ0) is 18.8. The fraction of sp³-hybridized carbons (Fsp3) is 0.350. The van der Waals surface area contributed by atoms with Crippen molar-refractivity contribution in [2.45, 2.75) is 13.8 Å². The summed E-state index contributed by atoms with van der Waals surface area (Å²) >= 11 is 0. The molecule has 2 aromatic rings. The van der Waals surface area contributed by atoms with Crippen molar-refractivity contribution < 1.29 is 9.47 Å². The lowest BCUT2D eigenvalue weighted by Gasteiger charge is -2.18. The lowest BCUT2D eigenvalue weighted by Crippen LogP contribution is -2.26. The van der Waals surface area contributed by atoms with E-state index in [0.29, 0.717) is 25.7 Å². The summed E-state index contributed by atoms with van der Waals surface area (Å²) in [6, 6.07) is 15.8. The number of anilines is 2. The van der Waals surface area contributed by atoms with E-state index < -0.39 is 0 Å². The molecule has 7 heteroatoms. The zero-order valence-electron chi connectivity index (χ0n) is 16.1. The molecule has 3 N–H and O–H groups in total. The smallest absolute Gasteiger partial charge is 0.193 e. The van der Waals surface area contributed by atoms with E-state index in [4.69, 9.17) is 15.2 Å². The minimum Gasteiger partial charge on any atom is -0.494 e. The molecule has 148 valence electrons. The normalized spacial score (nSPS) is 10.7. The number of benzene rings is 2. The lowest BCUT2D eigenvalue weighted by molar-refractivity contribution is 0.332. The summed E-state index contributed by atoms with van der Waals surface area (Å²) in [5.74, 6) is 1.83. The van der Waals surface area contributed by atoms with Crippen molar-refractivity contribution in [1.82, 2.24) is 0 Å². The first-order valence-corrected chi connectivity index (χ1v) is 8.86. The second-order valence-electron chi connectivity index (χ2n) is 5.67. The topological polar surface area (TPSA) is 72.1 Å². The number of para-hydroxylation sites is 1. The molecule has 0 amide bonds. The molecule has 2 aromatic carbocycles. The summed E-state index contributed by atoms with van der Waals surface area (Å²) in [5, 5.41) is 3.11. The second-order valence-corrected chi connectivity index (χ2v) is 5.67. The van der Waals surface area contributed by atoms with Crippen molar-refractivity contribution in [2.24, 2.45) is 10.7 Å². The van der Waals surface area contributed by atoms with E-state index in [-0.39, 0.29) is 24.0 Å². The highest BCUT2D eigenvalue weighted by atomic mass is 127. The lowest BCUT2D eigenvalue weighted by atomic mass is 10.2. The first kappa shape index (κ1) is 22.9. The summed E-state index contributed by atoms with van der Waals surface area (Å²) in [5.41, 5.74) is 7.94. The van der Waals surface area contributed by atoms with Crippen molar-refractivity contribution in [3.63, 3.8) is 0 Å². The van der Waals surface area contributed by atoms with Crippen LogP contribution in [0.15, 0.2) is 53.5 Å². The number of nitrogens with two attached hydrogens (primary N) is 1. The molecular weight excluding hydrogens is 455 g/mol. The Labute approximate surface area is 178 Å². The Hall–Kier alpha value is -2.16. The Balaban J connectivity index is 0.00000364. The van der Waals surface area contributed by atoms with Crippen molar-refractivity contribution in [3.05, 3.63) is 48.5 Å². The van der Waals surface area contributed by atoms with Gasteiger partial charge in [0.25, 0.3) is 0 Å². The number of hydrogen-bond donors (Lipinski definition) is 2. The SMILES string of the molecule is CCOc1ccc(OCC)c(NC(N)=NCCN(C)c2ccccc2)c1.I. The molecule has 0 atom stereocenters. The average Bonchev–Trinajstić information content (AvgIpc) is 2.65. The molecule has 0 unspecified atom stereocenters. The molecule has 0 aromatic heterocycles. The molecule has 2 rings (SSSR count). The predicted molar refractivity (Wildman–Crippen MR) is 124 cm³/mol. The van der Waals surface area contributed by atoms with E-state index in [0.717, 1.165) is 29.4 Å². The number of halogens is 1. The molecule has 0 bridgehead atoms. The van der Waals surface area contributed by atoms with Crippen LogP contribution in [0.25, 0.3) is 0 Å². The van der Waals surface area contributed by atoms with E-state index in [9.17, 15) is 0 Å². The van der Waals surface area contributed by atoms with Gasteiger partial charge >= 0.3 is 0 Å². The summed E-state index contributed by atoms with van der Waals surface area (Å²) in [4.78, 5) is 6.54. The quantitative estimate of drug-likeness (QED) is 0.320. The van der Waals surface area contributed by atoms with Crippen molar-refractivity contribution in [1.29, 1.82) is 0 Å². The number of nitrogens with zero attached hydrogens (tertiary/aromatic N) is 2. The molecule has 0 aliphatic heterocycles. The standard InChI is InChI=1S/C20H28N4O2.HI/c1-4-25-17-11-12-19(26-5-2)18(15-17)23-20(21)22-13-14-24(3)16-9-7-6-8-10-16;/h6-12,15H,4-5,13-14H2,1-3H3,(H3,21,22,23);1H. The first-order chi connectivity index (χ1) is 12.6. The molecule has 27 heavy (non-hydrogen) atoms. The molecular formula is C20H29IN4O2. The van der Waals surface area contributed by atoms with Gasteiger partial charge in [0.2, 0.25) is 0 Å². The van der Waals surface area contributed by atoms with Crippen LogP contribution in [0.4, 0.5) is 11.4 Å². The van der Waals surface area contributed by atoms with Gasteiger partial charge in [-0.1, -0.05) is 18.2 Å². The molecule has 6 nitrogen and oxygen atoms in total. The van der Waals surface area contributed by atoms with Crippen molar-refractivity contribution in [3.8, 4) is 11.5 Å². The van der Waals surface area contributed by atoms with Gasteiger partial charge in [0.05, 0.1) is 25.4 Å². The highest BCUT2D eigenvalue weighted by Crippen LogP contribution is 2.29. The molecule has 0 spiro atoms. The largest absolute Gasteiger partial charge is 0.494 e. The van der Waals surface area contributed by atoms with E-state index in [2.05, 4.69) is 27.3 Å². The fourth-order valence-corrected chi connectivity index (χ4v) is 2.45. The molecule has 0 radical (unpaired) electrons. The van der Waals surface area contributed by atoms with Crippen LogP contribution in [0, 0.1) is 0 Å². The average molecular weight is 484 g/mol. The van der Waals surface area contributed by atoms with E-state index in [1.165, 1.54) is 0 Å². The van der Waals surface area contributed by atoms with Gasteiger partial charge in [0.15, 0.2) is 5.96 Å². The highest BCUT2D eigenvalue weighted by molar-refractivity contribution is 14.0. The van der Waals surface area contributed by atoms with Gasteiger partial charge < -0.3 is 25.4 Å². The molecule has 0 aliphatic carbocycles. The number of ether oxygens (including phenoxy) is 2. The number of likely N-dealkylation sites (N-methyl/N-ethyl adjacent to an activating group) is 1. The Kier molecular flexibility index (Phi) is 10.4. The van der Waals surface area contributed by atoms with Gasteiger partial charge in [0, 0.05) is 25.3 Å². The van der Waals surface area contributed by atoms with Gasteiger partial charge in [-0.15, -0.1) is 24.0 Å². The minimum atomic E-state index is 0. The number of guanidine groups is 1. The third-order valence-electron chi connectivity index (χ3n) is 3.74. The summed E-state index contributed by atoms with van der Waals surface area (Å²) < 4.78 is 11.2. The van der Waals surface area contributed by atoms with Crippen LogP contribution in [-0.2, 0) is 0 Å². The van der Waals surface area contributed by atoms with Crippen LogP contribution < -0.4 is 25.4 Å². The van der Waals surface area contributed by atoms with Crippen LogP contribution in [0.5, 0.6) is 11.5 Å². The Morgan fingerprint density at radius 3 is 2.44 bits per heavy atom. The van der Waals surface area contributed by atoms with Crippen LogP contribution in [-0.4, -0.2) is 39.3 Å². The van der Waals surface area contributed by atoms with E-state index in [1.807, 2.05) is 57.3 Å². The maximum absolute atomic E-state index is 6.04. The predicted octanol–water partition coefficient (Wildman–Crippen LogP) is 3.97. The van der Waals surface area contributed by atoms with E-state index in [1.54, 1.807) is 0 Å². The van der Waals surface area contributed by atoms with Crippen LogP contribution in [0.1, 0.15) is 13.8 Å². The Morgan fingerprint density at radius 1 is 1.07 bits per heavy atom. The summed E-state index contributed by atoms with van der Waals surface area (Å²) in [6.07, 6.45) is 0. The van der Waals surface area contributed by atoms with Gasteiger partial charge in [0.1, 0.15) is 11.5 Å². The number of hydrogen-bond acceptors (Lipinski definition) is 4. The maximum atomic E-state index is 6.04. The third-order valence-corrected chi connectivity index (χ3v) is 3.74. The van der Waals surface area contributed by atoms with Crippen molar-refractivity contribution >= 4 is 41.3 Å².